The standard InChI is InChI=1S/C21H19Cl2N3O4/c1-25(12-14-6-7-16(22)17(23)10-14)20(28)13-30-21(29)8-9-26-18-5-3-2-4-15(18)19(27)11-24-26/h2-7,10-11H,8-9,12-13H2,1H3. The molecule has 0 unspecified atom stereocenters. The summed E-state index contributed by atoms with van der Waals surface area (Å²) >= 11 is 11.9. The molecule has 3 aromatic rings. The van der Waals surface area contributed by atoms with E-state index < -0.39 is 5.97 Å². The third kappa shape index (κ3) is 5.37. The molecule has 9 heteroatoms. The van der Waals surface area contributed by atoms with E-state index >= 15 is 0 Å². The monoisotopic (exact) mass is 447 g/mol. The molecule has 0 bridgehead atoms. The van der Waals surface area contributed by atoms with Crippen molar-refractivity contribution in [2.24, 2.45) is 0 Å². The van der Waals surface area contributed by atoms with E-state index in [0.717, 1.165) is 5.56 Å². The van der Waals surface area contributed by atoms with Crippen LogP contribution < -0.4 is 5.43 Å². The number of amides is 1. The minimum absolute atomic E-state index is 0.0175. The lowest BCUT2D eigenvalue weighted by Crippen LogP contribution is -2.31. The van der Waals surface area contributed by atoms with Crippen LogP contribution in [0.1, 0.15) is 12.0 Å². The highest BCUT2D eigenvalue weighted by atomic mass is 35.5. The Hall–Kier alpha value is -2.90. The van der Waals surface area contributed by atoms with E-state index in [4.69, 9.17) is 27.9 Å². The molecule has 1 heterocycles. The summed E-state index contributed by atoms with van der Waals surface area (Å²) in [7, 11) is 1.61. The Bertz CT molecular complexity index is 1150. The van der Waals surface area contributed by atoms with Gasteiger partial charge in [0.1, 0.15) is 0 Å². The average molecular weight is 448 g/mol. The second-order valence-corrected chi connectivity index (χ2v) is 7.47. The maximum Gasteiger partial charge on any atom is 0.308 e. The number of aromatic nitrogens is 2. The summed E-state index contributed by atoms with van der Waals surface area (Å²) in [4.78, 5) is 37.6. The Morgan fingerprint density at radius 3 is 2.67 bits per heavy atom. The van der Waals surface area contributed by atoms with Gasteiger partial charge in [0.15, 0.2) is 6.61 Å². The van der Waals surface area contributed by atoms with Crippen LogP contribution in [0.25, 0.3) is 10.9 Å². The number of hydrogen-bond donors (Lipinski definition) is 0. The van der Waals surface area contributed by atoms with Gasteiger partial charge < -0.3 is 9.64 Å². The number of benzene rings is 2. The fraction of sp³-hybridized carbons (Fsp3) is 0.238. The Labute approximate surface area is 182 Å². The van der Waals surface area contributed by atoms with Gasteiger partial charge in [-0.15, -0.1) is 0 Å². The summed E-state index contributed by atoms with van der Waals surface area (Å²) in [6, 6.07) is 12.1. The molecule has 0 radical (unpaired) electrons. The number of ether oxygens (including phenoxy) is 1. The summed E-state index contributed by atoms with van der Waals surface area (Å²) in [5.41, 5.74) is 1.26. The Balaban J connectivity index is 1.51. The summed E-state index contributed by atoms with van der Waals surface area (Å²) in [5, 5.41) is 5.44. The zero-order valence-electron chi connectivity index (χ0n) is 16.2. The largest absolute Gasteiger partial charge is 0.456 e. The molecule has 0 spiro atoms. The number of halogens is 2. The number of nitrogens with zero attached hydrogens (tertiary/aromatic N) is 3. The molecule has 0 saturated heterocycles. The topological polar surface area (TPSA) is 81.5 Å². The predicted octanol–water partition coefficient (Wildman–Crippen LogP) is 3.30. The molecular formula is C21H19Cl2N3O4. The minimum atomic E-state index is -0.532. The smallest absolute Gasteiger partial charge is 0.308 e. The average Bonchev–Trinajstić information content (AvgIpc) is 2.74. The van der Waals surface area contributed by atoms with Gasteiger partial charge in [0, 0.05) is 19.0 Å². The first-order valence-electron chi connectivity index (χ1n) is 9.13. The van der Waals surface area contributed by atoms with E-state index in [1.165, 1.54) is 11.1 Å². The van der Waals surface area contributed by atoms with Crippen molar-refractivity contribution in [3.63, 3.8) is 0 Å². The number of carbonyl (C=O) groups excluding carboxylic acids is 2. The summed E-state index contributed by atoms with van der Waals surface area (Å²) in [5.74, 6) is -0.878. The van der Waals surface area contributed by atoms with E-state index in [2.05, 4.69) is 5.10 Å². The lowest BCUT2D eigenvalue weighted by Gasteiger charge is -2.17. The fourth-order valence-corrected chi connectivity index (χ4v) is 3.18. The molecule has 7 nitrogen and oxygen atoms in total. The normalized spacial score (nSPS) is 10.8. The number of rotatable bonds is 7. The first-order valence-corrected chi connectivity index (χ1v) is 9.89. The Morgan fingerprint density at radius 1 is 1.13 bits per heavy atom. The molecule has 1 amide bonds. The Kier molecular flexibility index (Phi) is 7.07. The molecular weight excluding hydrogens is 429 g/mol. The number of esters is 1. The number of likely N-dealkylation sites (N-methyl/N-ethyl adjacent to an activating group) is 1. The first-order chi connectivity index (χ1) is 14.3. The molecule has 3 rings (SSSR count). The lowest BCUT2D eigenvalue weighted by molar-refractivity contribution is -0.151. The van der Waals surface area contributed by atoms with Crippen molar-refractivity contribution in [1.29, 1.82) is 0 Å². The van der Waals surface area contributed by atoms with Crippen molar-refractivity contribution in [2.75, 3.05) is 13.7 Å². The fourth-order valence-electron chi connectivity index (χ4n) is 2.86. The molecule has 2 aromatic carbocycles. The van der Waals surface area contributed by atoms with Gasteiger partial charge in [-0.1, -0.05) is 41.4 Å². The molecule has 0 atom stereocenters. The maximum absolute atomic E-state index is 12.2. The lowest BCUT2D eigenvalue weighted by atomic mass is 10.2. The van der Waals surface area contributed by atoms with E-state index in [1.54, 1.807) is 54.2 Å². The molecule has 0 N–H and O–H groups in total. The van der Waals surface area contributed by atoms with Gasteiger partial charge in [0.25, 0.3) is 5.91 Å². The van der Waals surface area contributed by atoms with Gasteiger partial charge >= 0.3 is 5.97 Å². The highest BCUT2D eigenvalue weighted by molar-refractivity contribution is 6.42. The third-order valence-corrected chi connectivity index (χ3v) is 5.21. The summed E-state index contributed by atoms with van der Waals surface area (Å²) in [6.07, 6.45) is 1.23. The molecule has 0 saturated carbocycles. The zero-order valence-corrected chi connectivity index (χ0v) is 17.7. The van der Waals surface area contributed by atoms with Gasteiger partial charge in [-0.2, -0.15) is 5.10 Å². The Morgan fingerprint density at radius 2 is 1.90 bits per heavy atom. The van der Waals surface area contributed by atoms with Crippen molar-refractivity contribution >= 4 is 46.0 Å². The number of aryl methyl sites for hydroxylation is 1. The van der Waals surface area contributed by atoms with Crippen LogP contribution in [0.5, 0.6) is 0 Å². The van der Waals surface area contributed by atoms with E-state index in [1.807, 2.05) is 0 Å². The molecule has 1 aromatic heterocycles. The third-order valence-electron chi connectivity index (χ3n) is 4.48. The molecule has 0 aliphatic carbocycles. The van der Waals surface area contributed by atoms with Crippen LogP contribution in [0.4, 0.5) is 0 Å². The second-order valence-electron chi connectivity index (χ2n) is 6.66. The summed E-state index contributed by atoms with van der Waals surface area (Å²) in [6.45, 7) is 0.169. The highest BCUT2D eigenvalue weighted by Gasteiger charge is 2.14. The van der Waals surface area contributed by atoms with Gasteiger partial charge in [-0.05, 0) is 29.8 Å². The zero-order chi connectivity index (χ0) is 21.7. The quantitative estimate of drug-likeness (QED) is 0.519. The van der Waals surface area contributed by atoms with Crippen molar-refractivity contribution in [3.05, 3.63) is 74.5 Å². The molecule has 0 aliphatic rings. The van der Waals surface area contributed by atoms with Gasteiger partial charge in [0.2, 0.25) is 5.43 Å². The maximum atomic E-state index is 12.2. The van der Waals surface area contributed by atoms with Crippen LogP contribution in [0, 0.1) is 0 Å². The highest BCUT2D eigenvalue weighted by Crippen LogP contribution is 2.23. The van der Waals surface area contributed by atoms with E-state index in [-0.39, 0.29) is 30.9 Å². The predicted molar refractivity (Wildman–Crippen MR) is 115 cm³/mol. The van der Waals surface area contributed by atoms with Gasteiger partial charge in [0.05, 0.1) is 34.7 Å². The van der Waals surface area contributed by atoms with Crippen LogP contribution in [0.2, 0.25) is 10.0 Å². The molecule has 30 heavy (non-hydrogen) atoms. The van der Waals surface area contributed by atoms with Crippen LogP contribution in [-0.2, 0) is 27.4 Å². The van der Waals surface area contributed by atoms with Crippen molar-refractivity contribution < 1.29 is 14.3 Å². The van der Waals surface area contributed by atoms with Crippen LogP contribution in [-0.4, -0.2) is 40.2 Å². The van der Waals surface area contributed by atoms with Crippen molar-refractivity contribution in [1.82, 2.24) is 14.7 Å². The first kappa shape index (κ1) is 21.8. The van der Waals surface area contributed by atoms with Crippen LogP contribution in [0.15, 0.2) is 53.5 Å². The van der Waals surface area contributed by atoms with Crippen molar-refractivity contribution in [2.45, 2.75) is 19.5 Å². The van der Waals surface area contributed by atoms with Crippen LogP contribution in [0.3, 0.4) is 0 Å². The van der Waals surface area contributed by atoms with Gasteiger partial charge in [-0.3, -0.25) is 19.1 Å². The minimum Gasteiger partial charge on any atom is -0.456 e. The van der Waals surface area contributed by atoms with E-state index in [9.17, 15) is 14.4 Å². The SMILES string of the molecule is CN(Cc1ccc(Cl)c(Cl)c1)C(=O)COC(=O)CCn1ncc(=O)c2ccccc21. The second kappa shape index (κ2) is 9.73. The van der Waals surface area contributed by atoms with E-state index in [0.29, 0.717) is 27.5 Å². The number of para-hydroxylation sites is 1. The van der Waals surface area contributed by atoms with Crippen molar-refractivity contribution in [3.8, 4) is 0 Å². The summed E-state index contributed by atoms with van der Waals surface area (Å²) < 4.78 is 6.65. The number of carbonyl (C=O) groups is 2. The molecule has 0 fully saturated rings. The number of hydrogen-bond acceptors (Lipinski definition) is 5. The van der Waals surface area contributed by atoms with Crippen LogP contribution >= 0.6 is 23.2 Å². The molecule has 0 aliphatic heterocycles. The number of fused-ring (bicyclic) bond motifs is 1. The van der Waals surface area contributed by atoms with Gasteiger partial charge in [-0.25, -0.2) is 0 Å². The molecule has 156 valence electrons.